The van der Waals surface area contributed by atoms with Crippen LogP contribution in [0.2, 0.25) is 0 Å². The van der Waals surface area contributed by atoms with Crippen LogP contribution in [-0.4, -0.2) is 55.3 Å². The van der Waals surface area contributed by atoms with E-state index in [2.05, 4.69) is 30.9 Å². The van der Waals surface area contributed by atoms with Crippen LogP contribution in [0.5, 0.6) is 0 Å². The highest BCUT2D eigenvalue weighted by atomic mass is 19.1. The van der Waals surface area contributed by atoms with Gasteiger partial charge < -0.3 is 21.1 Å². The summed E-state index contributed by atoms with van der Waals surface area (Å²) in [5.41, 5.74) is 2.44. The van der Waals surface area contributed by atoms with E-state index in [9.17, 15) is 13.9 Å². The lowest BCUT2D eigenvalue weighted by Crippen LogP contribution is -2.47. The van der Waals surface area contributed by atoms with E-state index in [0.29, 0.717) is 35.2 Å². The summed E-state index contributed by atoms with van der Waals surface area (Å²) in [4.78, 5) is 21.9. The van der Waals surface area contributed by atoms with E-state index in [1.54, 1.807) is 18.3 Å². The zero-order valence-corrected chi connectivity index (χ0v) is 20.0. The quantitative estimate of drug-likeness (QED) is 0.290. The maximum absolute atomic E-state index is 14.1. The molecular weight excluding hydrogens is 478 g/mol. The first-order valence-electron chi connectivity index (χ1n) is 12.4. The maximum atomic E-state index is 14.1. The molecule has 1 saturated carbocycles. The van der Waals surface area contributed by atoms with Crippen molar-refractivity contribution in [1.82, 2.24) is 30.2 Å². The molecule has 2 fully saturated rings. The third kappa shape index (κ3) is 4.79. The van der Waals surface area contributed by atoms with Crippen molar-refractivity contribution in [3.8, 4) is 11.4 Å². The summed E-state index contributed by atoms with van der Waals surface area (Å²) >= 11 is 0. The van der Waals surface area contributed by atoms with E-state index < -0.39 is 17.9 Å². The lowest BCUT2D eigenvalue weighted by molar-refractivity contribution is 0.128. The molecule has 0 spiro atoms. The maximum Gasteiger partial charge on any atom is 0.214 e. The number of piperidine rings is 1. The number of aromatic nitrogens is 5. The van der Waals surface area contributed by atoms with Crippen LogP contribution in [0.4, 0.5) is 26.2 Å². The minimum absolute atomic E-state index is 0.161. The van der Waals surface area contributed by atoms with Gasteiger partial charge >= 0.3 is 0 Å². The number of fused-ring (bicyclic) bond motifs is 1. The molecule has 0 amide bonds. The van der Waals surface area contributed by atoms with Crippen molar-refractivity contribution in [2.75, 3.05) is 23.7 Å². The highest BCUT2D eigenvalue weighted by Crippen LogP contribution is 2.41. The molecule has 37 heavy (non-hydrogen) atoms. The van der Waals surface area contributed by atoms with Gasteiger partial charge in [0.2, 0.25) is 5.95 Å². The van der Waals surface area contributed by atoms with E-state index in [4.69, 9.17) is 9.97 Å². The van der Waals surface area contributed by atoms with Crippen LogP contribution in [-0.2, 0) is 0 Å². The van der Waals surface area contributed by atoms with Gasteiger partial charge in [0.1, 0.15) is 11.6 Å². The summed E-state index contributed by atoms with van der Waals surface area (Å²) in [6, 6.07) is 5.19. The first-order chi connectivity index (χ1) is 18.0. The van der Waals surface area contributed by atoms with Crippen molar-refractivity contribution in [2.45, 2.75) is 43.7 Å². The van der Waals surface area contributed by atoms with E-state index in [1.807, 2.05) is 6.20 Å². The number of β-amino-alcohol motifs (C(OH)–C–C–N with tert-alkyl or cyclic N) is 1. The van der Waals surface area contributed by atoms with Crippen molar-refractivity contribution in [1.29, 1.82) is 0 Å². The molecule has 190 valence electrons. The molecule has 4 aromatic heterocycles. The fourth-order valence-electron chi connectivity index (χ4n) is 4.82. The topological polar surface area (TPSA) is 121 Å². The Labute approximate surface area is 211 Å². The smallest absolute Gasteiger partial charge is 0.214 e. The summed E-state index contributed by atoms with van der Waals surface area (Å²) in [7, 11) is 0. The first kappa shape index (κ1) is 23.6. The number of anilines is 3. The number of hydrogen-bond donors (Lipinski definition) is 4. The zero-order valence-electron chi connectivity index (χ0n) is 20.0. The van der Waals surface area contributed by atoms with Crippen molar-refractivity contribution >= 4 is 28.4 Å². The van der Waals surface area contributed by atoms with Crippen LogP contribution in [0, 0.1) is 11.8 Å². The predicted octanol–water partition coefficient (Wildman–Crippen LogP) is 3.91. The SMILES string of the molecule is O[C@H]1CNCC[C@H]1Nc1nc(-c2ccnc(Nc3nc(F)ccc3F)c2)nc2cncc(C3CCC3)c12. The molecule has 9 nitrogen and oxygen atoms in total. The second-order valence-corrected chi connectivity index (χ2v) is 9.48. The summed E-state index contributed by atoms with van der Waals surface area (Å²) in [5, 5.41) is 20.9. The van der Waals surface area contributed by atoms with Crippen molar-refractivity contribution < 1.29 is 13.9 Å². The van der Waals surface area contributed by atoms with Gasteiger partial charge in [-0.1, -0.05) is 6.42 Å². The fraction of sp³-hybridized carbons (Fsp3) is 0.346. The average molecular weight is 505 g/mol. The summed E-state index contributed by atoms with van der Waals surface area (Å²) < 4.78 is 27.6. The van der Waals surface area contributed by atoms with E-state index in [-0.39, 0.29) is 17.7 Å². The summed E-state index contributed by atoms with van der Waals surface area (Å²) in [5.74, 6) is -0.0118. The van der Waals surface area contributed by atoms with Crippen LogP contribution in [0.25, 0.3) is 22.3 Å². The minimum Gasteiger partial charge on any atom is -0.390 e. The second-order valence-electron chi connectivity index (χ2n) is 9.48. The normalized spacial score (nSPS) is 20.0. The molecule has 5 heterocycles. The Morgan fingerprint density at radius 2 is 1.89 bits per heavy atom. The molecule has 6 rings (SSSR count). The van der Waals surface area contributed by atoms with Gasteiger partial charge in [0.15, 0.2) is 17.5 Å². The molecule has 0 aromatic carbocycles. The number of hydrogen-bond acceptors (Lipinski definition) is 9. The molecule has 2 aliphatic rings. The van der Waals surface area contributed by atoms with Crippen LogP contribution >= 0.6 is 0 Å². The molecule has 2 atom stereocenters. The highest BCUT2D eigenvalue weighted by molar-refractivity contribution is 5.93. The average Bonchev–Trinajstić information content (AvgIpc) is 2.87. The van der Waals surface area contributed by atoms with Crippen LogP contribution < -0.4 is 16.0 Å². The Hall–Kier alpha value is -3.83. The summed E-state index contributed by atoms with van der Waals surface area (Å²) in [6.45, 7) is 1.31. The Kier molecular flexibility index (Phi) is 6.31. The number of halogens is 2. The van der Waals surface area contributed by atoms with E-state index in [0.717, 1.165) is 48.9 Å². The number of rotatable bonds is 6. The predicted molar refractivity (Wildman–Crippen MR) is 135 cm³/mol. The Balaban J connectivity index is 1.41. The van der Waals surface area contributed by atoms with E-state index in [1.165, 1.54) is 12.6 Å². The largest absolute Gasteiger partial charge is 0.390 e. The van der Waals surface area contributed by atoms with Gasteiger partial charge in [-0.05, 0) is 61.6 Å². The summed E-state index contributed by atoms with van der Waals surface area (Å²) in [6.07, 6.45) is 8.73. The van der Waals surface area contributed by atoms with Crippen molar-refractivity contribution in [3.63, 3.8) is 0 Å². The molecule has 4 N–H and O–H groups in total. The number of aliphatic hydroxyl groups is 1. The van der Waals surface area contributed by atoms with E-state index >= 15 is 0 Å². The van der Waals surface area contributed by atoms with Gasteiger partial charge in [-0.15, -0.1) is 0 Å². The van der Waals surface area contributed by atoms with Crippen LogP contribution in [0.15, 0.2) is 42.9 Å². The molecule has 1 saturated heterocycles. The van der Waals surface area contributed by atoms with Crippen LogP contribution in [0.3, 0.4) is 0 Å². The Bertz CT molecular complexity index is 1450. The van der Waals surface area contributed by atoms with Crippen LogP contribution in [0.1, 0.15) is 37.2 Å². The van der Waals surface area contributed by atoms with Gasteiger partial charge in [-0.3, -0.25) is 4.98 Å². The third-order valence-corrected chi connectivity index (χ3v) is 7.03. The van der Waals surface area contributed by atoms with Gasteiger partial charge in [0.05, 0.1) is 23.9 Å². The molecule has 1 aliphatic carbocycles. The van der Waals surface area contributed by atoms with Gasteiger partial charge in [-0.2, -0.15) is 9.37 Å². The molecule has 0 unspecified atom stereocenters. The molecule has 1 aliphatic heterocycles. The van der Waals surface area contributed by atoms with Gasteiger partial charge in [0.25, 0.3) is 0 Å². The Morgan fingerprint density at radius 1 is 1.00 bits per heavy atom. The highest BCUT2D eigenvalue weighted by Gasteiger charge is 2.28. The zero-order chi connectivity index (χ0) is 25.4. The first-order valence-corrected chi connectivity index (χ1v) is 12.4. The standard InChI is InChI=1S/C26H26F2N8O/c27-17-4-5-21(28)34-25(17)35-22-10-15(6-9-31-22)24-33-19-12-30-11-16(14-2-1-3-14)23(19)26(36-24)32-18-7-8-29-13-20(18)37/h4-6,9-12,14,18,20,29,37H,1-3,7-8,13H2,(H,31,34,35)(H,32,33,36)/t18-,20+/m1/s1. The minimum atomic E-state index is -0.802. The molecular formula is C26H26F2N8O. The van der Waals surface area contributed by atoms with Crippen molar-refractivity contribution in [3.05, 3.63) is 60.2 Å². The number of nitrogens with zero attached hydrogens (tertiary/aromatic N) is 5. The monoisotopic (exact) mass is 504 g/mol. The molecule has 0 radical (unpaired) electrons. The lowest BCUT2D eigenvalue weighted by atomic mass is 9.79. The molecule has 11 heteroatoms. The third-order valence-electron chi connectivity index (χ3n) is 7.03. The molecule has 0 bridgehead atoms. The van der Waals surface area contributed by atoms with Gasteiger partial charge in [-0.25, -0.2) is 19.3 Å². The van der Waals surface area contributed by atoms with Crippen molar-refractivity contribution in [2.24, 2.45) is 0 Å². The number of aliphatic hydroxyl groups excluding tert-OH is 1. The molecule has 4 aromatic rings. The lowest BCUT2D eigenvalue weighted by Gasteiger charge is -2.31. The number of pyridine rings is 3. The Morgan fingerprint density at radius 3 is 2.70 bits per heavy atom. The second kappa shape index (κ2) is 9.91. The van der Waals surface area contributed by atoms with Gasteiger partial charge in [0, 0.05) is 29.9 Å². The number of nitrogens with one attached hydrogen (secondary N) is 3. The fourth-order valence-corrected chi connectivity index (χ4v) is 4.82.